The zero-order chi connectivity index (χ0) is 13.8. The second-order valence-corrected chi connectivity index (χ2v) is 4.20. The van der Waals surface area contributed by atoms with Crippen LogP contribution in [-0.4, -0.2) is 33.6 Å². The number of halogens is 1. The average molecular weight is 265 g/mol. The van der Waals surface area contributed by atoms with E-state index in [0.717, 1.165) is 11.1 Å². The van der Waals surface area contributed by atoms with Crippen molar-refractivity contribution in [2.24, 2.45) is 0 Å². The fourth-order valence-corrected chi connectivity index (χ4v) is 1.95. The van der Waals surface area contributed by atoms with Gasteiger partial charge in [-0.2, -0.15) is 0 Å². The Morgan fingerprint density at radius 2 is 2.16 bits per heavy atom. The zero-order valence-electron chi connectivity index (χ0n) is 10.9. The molecule has 1 aromatic heterocycles. The van der Waals surface area contributed by atoms with Crippen LogP contribution >= 0.6 is 0 Å². The van der Waals surface area contributed by atoms with E-state index in [1.54, 1.807) is 17.7 Å². The molecule has 1 heterocycles. The van der Waals surface area contributed by atoms with Gasteiger partial charge in [-0.25, -0.2) is 4.39 Å². The fourth-order valence-electron chi connectivity index (χ4n) is 1.95. The lowest BCUT2D eigenvalue weighted by molar-refractivity contribution is 0.183. The molecule has 2 rings (SSSR count). The van der Waals surface area contributed by atoms with Gasteiger partial charge in [-0.3, -0.25) is 0 Å². The summed E-state index contributed by atoms with van der Waals surface area (Å²) in [4.78, 5) is 0. The minimum atomic E-state index is -0.286. The second kappa shape index (κ2) is 5.90. The molecule has 2 aromatic rings. The van der Waals surface area contributed by atoms with E-state index in [0.29, 0.717) is 24.8 Å². The summed E-state index contributed by atoms with van der Waals surface area (Å²) in [7, 11) is 1.60. The third kappa shape index (κ3) is 2.80. The quantitative estimate of drug-likeness (QED) is 0.890. The molecule has 0 radical (unpaired) electrons. The summed E-state index contributed by atoms with van der Waals surface area (Å²) in [5.74, 6) is 0.793. The van der Waals surface area contributed by atoms with Crippen LogP contribution < -0.4 is 0 Å². The highest BCUT2D eigenvalue weighted by Gasteiger charge is 2.15. The van der Waals surface area contributed by atoms with E-state index in [-0.39, 0.29) is 12.4 Å². The van der Waals surface area contributed by atoms with Crippen molar-refractivity contribution in [1.29, 1.82) is 0 Å². The van der Waals surface area contributed by atoms with Crippen molar-refractivity contribution in [1.82, 2.24) is 14.8 Å². The van der Waals surface area contributed by atoms with Gasteiger partial charge >= 0.3 is 0 Å². The van der Waals surface area contributed by atoms with Crippen molar-refractivity contribution in [3.8, 4) is 11.4 Å². The summed E-state index contributed by atoms with van der Waals surface area (Å²) >= 11 is 0. The van der Waals surface area contributed by atoms with Crippen molar-refractivity contribution < 1.29 is 14.2 Å². The summed E-state index contributed by atoms with van der Waals surface area (Å²) in [5, 5.41) is 17.3. The summed E-state index contributed by atoms with van der Waals surface area (Å²) in [6, 6.07) is 4.50. The number of nitrogens with zero attached hydrogens (tertiary/aromatic N) is 3. The second-order valence-electron chi connectivity index (χ2n) is 4.20. The highest BCUT2D eigenvalue weighted by molar-refractivity contribution is 5.60. The smallest absolute Gasteiger partial charge is 0.164 e. The monoisotopic (exact) mass is 265 g/mol. The van der Waals surface area contributed by atoms with Gasteiger partial charge in [0.15, 0.2) is 11.6 Å². The number of aliphatic hydroxyl groups is 1. The van der Waals surface area contributed by atoms with E-state index in [1.165, 1.54) is 12.1 Å². The third-order valence-electron chi connectivity index (χ3n) is 2.92. The molecule has 0 atom stereocenters. The highest BCUT2D eigenvalue weighted by atomic mass is 19.1. The van der Waals surface area contributed by atoms with Gasteiger partial charge in [0, 0.05) is 19.2 Å². The van der Waals surface area contributed by atoms with Crippen molar-refractivity contribution in [2.45, 2.75) is 20.1 Å². The number of hydrogen-bond acceptors (Lipinski definition) is 4. The Labute approximate surface area is 110 Å². The maximum Gasteiger partial charge on any atom is 0.164 e. The maximum absolute atomic E-state index is 13.1. The number of hydrogen-bond donors (Lipinski definition) is 1. The summed E-state index contributed by atoms with van der Waals surface area (Å²) in [6.45, 7) is 2.63. The van der Waals surface area contributed by atoms with Crippen molar-refractivity contribution in [2.75, 3.05) is 13.7 Å². The van der Waals surface area contributed by atoms with Gasteiger partial charge in [0.1, 0.15) is 12.4 Å². The SMILES string of the molecule is COCCn1c(CO)nnc1-c1ccc(F)cc1C. The first-order chi connectivity index (χ1) is 9.17. The molecule has 102 valence electrons. The molecule has 1 N–H and O–H groups in total. The van der Waals surface area contributed by atoms with Crippen LogP contribution in [0.15, 0.2) is 18.2 Å². The number of aliphatic hydroxyl groups excluding tert-OH is 1. The number of aromatic nitrogens is 3. The molecule has 0 unspecified atom stereocenters. The van der Waals surface area contributed by atoms with E-state index in [4.69, 9.17) is 4.74 Å². The molecule has 6 heteroatoms. The van der Waals surface area contributed by atoms with Gasteiger partial charge in [0.2, 0.25) is 0 Å². The van der Waals surface area contributed by atoms with E-state index in [1.807, 2.05) is 6.92 Å². The Hall–Kier alpha value is -1.79. The first kappa shape index (κ1) is 13.6. The van der Waals surface area contributed by atoms with Crippen LogP contribution in [0, 0.1) is 12.7 Å². The molecule has 0 saturated carbocycles. The van der Waals surface area contributed by atoms with Crippen LogP contribution in [0.3, 0.4) is 0 Å². The third-order valence-corrected chi connectivity index (χ3v) is 2.92. The van der Waals surface area contributed by atoms with Crippen LogP contribution in [0.4, 0.5) is 4.39 Å². The lowest BCUT2D eigenvalue weighted by Gasteiger charge is -2.10. The molecule has 0 saturated heterocycles. The van der Waals surface area contributed by atoms with Gasteiger partial charge < -0.3 is 14.4 Å². The largest absolute Gasteiger partial charge is 0.388 e. The number of methoxy groups -OCH3 is 1. The topological polar surface area (TPSA) is 60.2 Å². The molecule has 0 bridgehead atoms. The Morgan fingerprint density at radius 1 is 1.37 bits per heavy atom. The van der Waals surface area contributed by atoms with Crippen molar-refractivity contribution in [3.63, 3.8) is 0 Å². The normalized spacial score (nSPS) is 10.9. The van der Waals surface area contributed by atoms with Gasteiger partial charge in [0.25, 0.3) is 0 Å². The Bertz CT molecular complexity index is 569. The summed E-state index contributed by atoms with van der Waals surface area (Å²) in [5.41, 5.74) is 1.57. The van der Waals surface area contributed by atoms with Crippen LogP contribution in [0.25, 0.3) is 11.4 Å². The lowest BCUT2D eigenvalue weighted by atomic mass is 10.1. The highest BCUT2D eigenvalue weighted by Crippen LogP contribution is 2.23. The Balaban J connectivity index is 2.46. The fraction of sp³-hybridized carbons (Fsp3) is 0.385. The Kier molecular flexibility index (Phi) is 4.24. The molecule has 0 spiro atoms. The van der Waals surface area contributed by atoms with Crippen LogP contribution in [0.2, 0.25) is 0 Å². The summed E-state index contributed by atoms with van der Waals surface area (Å²) < 4.78 is 20.0. The van der Waals surface area contributed by atoms with E-state index >= 15 is 0 Å². The number of ether oxygens (including phenoxy) is 1. The van der Waals surface area contributed by atoms with Gasteiger partial charge in [-0.15, -0.1) is 10.2 Å². The molecular formula is C13H16FN3O2. The molecular weight excluding hydrogens is 249 g/mol. The molecule has 0 amide bonds. The number of benzene rings is 1. The number of aryl methyl sites for hydroxylation is 1. The van der Waals surface area contributed by atoms with Gasteiger partial charge in [-0.05, 0) is 30.7 Å². The minimum Gasteiger partial charge on any atom is -0.388 e. The maximum atomic E-state index is 13.1. The molecule has 19 heavy (non-hydrogen) atoms. The van der Waals surface area contributed by atoms with E-state index in [2.05, 4.69) is 10.2 Å². The molecule has 0 aliphatic heterocycles. The molecule has 5 nitrogen and oxygen atoms in total. The predicted octanol–water partition coefficient (Wildman–Crippen LogP) is 1.53. The van der Waals surface area contributed by atoms with Gasteiger partial charge in [0.05, 0.1) is 6.61 Å². The summed E-state index contributed by atoms with van der Waals surface area (Å²) in [6.07, 6.45) is 0. The standard InChI is InChI=1S/C13H16FN3O2/c1-9-7-10(14)3-4-11(9)13-16-15-12(8-18)17(13)5-6-19-2/h3-4,7,18H,5-6,8H2,1-2H3. The van der Waals surface area contributed by atoms with Crippen LogP contribution in [0.5, 0.6) is 0 Å². The molecule has 1 aromatic carbocycles. The van der Waals surface area contributed by atoms with Crippen molar-refractivity contribution in [3.05, 3.63) is 35.4 Å². The van der Waals surface area contributed by atoms with Crippen molar-refractivity contribution >= 4 is 0 Å². The predicted molar refractivity (Wildman–Crippen MR) is 68.0 cm³/mol. The zero-order valence-corrected chi connectivity index (χ0v) is 10.9. The molecule has 0 fully saturated rings. The molecule has 0 aliphatic rings. The van der Waals surface area contributed by atoms with E-state index < -0.39 is 0 Å². The first-order valence-corrected chi connectivity index (χ1v) is 5.95. The van der Waals surface area contributed by atoms with Crippen LogP contribution in [0.1, 0.15) is 11.4 Å². The van der Waals surface area contributed by atoms with Crippen LogP contribution in [-0.2, 0) is 17.9 Å². The lowest BCUT2D eigenvalue weighted by Crippen LogP contribution is -2.10. The average Bonchev–Trinajstić information content (AvgIpc) is 2.79. The minimum absolute atomic E-state index is 0.197. The number of rotatable bonds is 5. The molecule has 0 aliphatic carbocycles. The Morgan fingerprint density at radius 3 is 2.79 bits per heavy atom. The van der Waals surface area contributed by atoms with Gasteiger partial charge in [-0.1, -0.05) is 0 Å². The first-order valence-electron chi connectivity index (χ1n) is 5.95. The van der Waals surface area contributed by atoms with E-state index in [9.17, 15) is 9.50 Å².